The van der Waals surface area contributed by atoms with E-state index in [9.17, 15) is 22.8 Å². The van der Waals surface area contributed by atoms with Gasteiger partial charge in [0.15, 0.2) is 0 Å². The average Bonchev–Trinajstić information content (AvgIpc) is 2.79. The highest BCUT2D eigenvalue weighted by atomic mass is 19.4. The van der Waals surface area contributed by atoms with Crippen molar-refractivity contribution in [2.75, 3.05) is 17.7 Å². The van der Waals surface area contributed by atoms with Crippen molar-refractivity contribution in [3.05, 3.63) is 72.1 Å². The van der Waals surface area contributed by atoms with Crippen molar-refractivity contribution in [2.24, 2.45) is 0 Å². The summed E-state index contributed by atoms with van der Waals surface area (Å²) in [6.07, 6.45) is -3.15. The van der Waals surface area contributed by atoms with Gasteiger partial charge in [0.05, 0.1) is 11.3 Å². The van der Waals surface area contributed by atoms with E-state index in [0.29, 0.717) is 17.2 Å². The van der Waals surface area contributed by atoms with E-state index in [1.165, 1.54) is 25.4 Å². The fraction of sp³-hybridized carbons (Fsp3) is 0.240. The standard InChI is InChI=1S/C25H25F3N4O4/c1-24(2,3)36-21-10-5-15(25(26,27)28)13-19(21)32-23(34)31-16-6-8-17(9-7-16)35-18-11-12-30-20(14-18)22(33)29-4/h5-14H,1-4H3,(H,29,33)(H2,31,32,34). The summed E-state index contributed by atoms with van der Waals surface area (Å²) in [6.45, 7) is 5.22. The lowest BCUT2D eigenvalue weighted by Crippen LogP contribution is -2.25. The van der Waals surface area contributed by atoms with Crippen molar-refractivity contribution >= 4 is 23.3 Å². The van der Waals surface area contributed by atoms with E-state index < -0.39 is 23.4 Å². The number of hydrogen-bond acceptors (Lipinski definition) is 5. The van der Waals surface area contributed by atoms with Crippen LogP contribution in [-0.2, 0) is 6.18 Å². The molecule has 2 aromatic carbocycles. The van der Waals surface area contributed by atoms with Crippen LogP contribution >= 0.6 is 0 Å². The highest BCUT2D eigenvalue weighted by Crippen LogP contribution is 2.36. The molecular formula is C25H25F3N4O4. The van der Waals surface area contributed by atoms with Gasteiger partial charge in [-0.25, -0.2) is 4.79 Å². The molecule has 3 amide bonds. The Bertz CT molecular complexity index is 1240. The van der Waals surface area contributed by atoms with E-state index in [4.69, 9.17) is 9.47 Å². The smallest absolute Gasteiger partial charge is 0.416 e. The Morgan fingerprint density at radius 1 is 0.889 bits per heavy atom. The quantitative estimate of drug-likeness (QED) is 0.380. The highest BCUT2D eigenvalue weighted by Gasteiger charge is 2.32. The van der Waals surface area contributed by atoms with Crippen LogP contribution < -0.4 is 25.4 Å². The van der Waals surface area contributed by atoms with Gasteiger partial charge in [-0.1, -0.05) is 0 Å². The zero-order chi connectivity index (χ0) is 26.5. The minimum Gasteiger partial charge on any atom is -0.486 e. The summed E-state index contributed by atoms with van der Waals surface area (Å²) in [5.41, 5.74) is -1.18. The second-order valence-corrected chi connectivity index (χ2v) is 8.58. The zero-order valence-electron chi connectivity index (χ0n) is 20.0. The second-order valence-electron chi connectivity index (χ2n) is 8.58. The molecule has 0 fully saturated rings. The number of alkyl halides is 3. The molecule has 0 aliphatic rings. The maximum Gasteiger partial charge on any atom is 0.416 e. The third-order valence-electron chi connectivity index (χ3n) is 4.51. The Morgan fingerprint density at radius 3 is 2.19 bits per heavy atom. The summed E-state index contributed by atoms with van der Waals surface area (Å²) in [5.74, 6) is 0.553. The van der Waals surface area contributed by atoms with Crippen LogP contribution in [-0.4, -0.2) is 29.6 Å². The van der Waals surface area contributed by atoms with Gasteiger partial charge in [-0.2, -0.15) is 13.2 Å². The first kappa shape index (κ1) is 26.3. The normalized spacial score (nSPS) is 11.4. The van der Waals surface area contributed by atoms with E-state index in [-0.39, 0.29) is 23.0 Å². The third-order valence-corrected chi connectivity index (χ3v) is 4.51. The number of amides is 3. The first-order chi connectivity index (χ1) is 16.8. The summed E-state index contributed by atoms with van der Waals surface area (Å²) in [7, 11) is 1.49. The monoisotopic (exact) mass is 502 g/mol. The summed E-state index contributed by atoms with van der Waals surface area (Å²) in [4.78, 5) is 28.2. The second kappa shape index (κ2) is 10.5. The molecule has 0 bridgehead atoms. The molecule has 3 rings (SSSR count). The Morgan fingerprint density at radius 2 is 1.58 bits per heavy atom. The third kappa shape index (κ3) is 7.36. The SMILES string of the molecule is CNC(=O)c1cc(Oc2ccc(NC(=O)Nc3cc(C(F)(F)F)ccc3OC(C)(C)C)cc2)ccn1. The fourth-order valence-electron chi connectivity index (χ4n) is 2.98. The first-order valence-corrected chi connectivity index (χ1v) is 10.8. The van der Waals surface area contributed by atoms with Crippen molar-refractivity contribution < 1.29 is 32.2 Å². The molecule has 0 aliphatic heterocycles. The Balaban J connectivity index is 1.70. The largest absolute Gasteiger partial charge is 0.486 e. The molecule has 0 saturated heterocycles. The Kier molecular flexibility index (Phi) is 7.71. The molecule has 11 heteroatoms. The van der Waals surface area contributed by atoms with Crippen molar-refractivity contribution in [3.63, 3.8) is 0 Å². The molecular weight excluding hydrogens is 477 g/mol. The molecule has 0 spiro atoms. The summed E-state index contributed by atoms with van der Waals surface area (Å²) < 4.78 is 51.0. The van der Waals surface area contributed by atoms with Gasteiger partial charge in [-0.15, -0.1) is 0 Å². The molecule has 0 saturated carbocycles. The number of benzene rings is 2. The molecule has 190 valence electrons. The molecule has 8 nitrogen and oxygen atoms in total. The van der Waals surface area contributed by atoms with Gasteiger partial charge in [0.25, 0.3) is 5.91 Å². The van der Waals surface area contributed by atoms with Crippen molar-refractivity contribution in [1.29, 1.82) is 0 Å². The molecule has 1 aromatic heterocycles. The van der Waals surface area contributed by atoms with Crippen molar-refractivity contribution in [2.45, 2.75) is 32.5 Å². The number of hydrogen-bond donors (Lipinski definition) is 3. The Hall–Kier alpha value is -4.28. The molecule has 3 aromatic rings. The van der Waals surface area contributed by atoms with E-state index in [2.05, 4.69) is 20.9 Å². The number of anilines is 2. The van der Waals surface area contributed by atoms with Gasteiger partial charge < -0.3 is 25.4 Å². The molecule has 0 unspecified atom stereocenters. The molecule has 0 radical (unpaired) electrons. The molecule has 36 heavy (non-hydrogen) atoms. The first-order valence-electron chi connectivity index (χ1n) is 10.8. The highest BCUT2D eigenvalue weighted by molar-refractivity contribution is 6.00. The number of pyridine rings is 1. The van der Waals surface area contributed by atoms with Gasteiger partial charge in [0.1, 0.15) is 28.5 Å². The fourth-order valence-corrected chi connectivity index (χ4v) is 2.98. The summed E-state index contributed by atoms with van der Waals surface area (Å²) in [6, 6.07) is 11.4. The minimum atomic E-state index is -4.58. The minimum absolute atomic E-state index is 0.0999. The van der Waals surface area contributed by atoms with Crippen molar-refractivity contribution in [3.8, 4) is 17.2 Å². The Labute approximate surface area is 205 Å². The zero-order valence-corrected chi connectivity index (χ0v) is 20.0. The van der Waals surface area contributed by atoms with E-state index in [1.54, 1.807) is 51.1 Å². The van der Waals surface area contributed by atoms with Crippen LogP contribution in [0.1, 0.15) is 36.8 Å². The number of halogens is 3. The van der Waals surface area contributed by atoms with Gasteiger partial charge in [0, 0.05) is 25.0 Å². The van der Waals surface area contributed by atoms with Crippen LogP contribution in [0.15, 0.2) is 60.8 Å². The topological polar surface area (TPSA) is 102 Å². The molecule has 1 heterocycles. The van der Waals surface area contributed by atoms with Crippen LogP contribution in [0.2, 0.25) is 0 Å². The van der Waals surface area contributed by atoms with E-state index in [1.807, 2.05) is 0 Å². The molecule has 3 N–H and O–H groups in total. The van der Waals surface area contributed by atoms with Gasteiger partial charge >= 0.3 is 12.2 Å². The number of nitrogens with one attached hydrogen (secondary N) is 3. The molecule has 0 aliphatic carbocycles. The molecule has 0 atom stereocenters. The number of nitrogens with zero attached hydrogens (tertiary/aromatic N) is 1. The van der Waals surface area contributed by atoms with Crippen molar-refractivity contribution in [1.82, 2.24) is 10.3 Å². The van der Waals surface area contributed by atoms with Crippen LogP contribution in [0.3, 0.4) is 0 Å². The van der Waals surface area contributed by atoms with Crippen LogP contribution in [0.4, 0.5) is 29.3 Å². The van der Waals surface area contributed by atoms with Crippen LogP contribution in [0.5, 0.6) is 17.2 Å². The number of rotatable bonds is 6. The maximum absolute atomic E-state index is 13.2. The lowest BCUT2D eigenvalue weighted by Gasteiger charge is -2.24. The van der Waals surface area contributed by atoms with Gasteiger partial charge in [-0.05, 0) is 69.3 Å². The number of aromatic nitrogens is 1. The van der Waals surface area contributed by atoms with Crippen LogP contribution in [0.25, 0.3) is 0 Å². The number of carbonyl (C=O) groups excluding carboxylic acids is 2. The van der Waals surface area contributed by atoms with Crippen LogP contribution in [0, 0.1) is 0 Å². The average molecular weight is 502 g/mol. The summed E-state index contributed by atoms with van der Waals surface area (Å²) >= 11 is 0. The lowest BCUT2D eigenvalue weighted by atomic mass is 10.1. The van der Waals surface area contributed by atoms with E-state index in [0.717, 1.165) is 12.1 Å². The number of ether oxygens (including phenoxy) is 2. The van der Waals surface area contributed by atoms with Gasteiger partial charge in [0.2, 0.25) is 0 Å². The predicted molar refractivity (Wildman–Crippen MR) is 129 cm³/mol. The van der Waals surface area contributed by atoms with Gasteiger partial charge in [-0.3, -0.25) is 9.78 Å². The number of carbonyl (C=O) groups is 2. The predicted octanol–water partition coefficient (Wildman–Crippen LogP) is 6.07. The lowest BCUT2D eigenvalue weighted by molar-refractivity contribution is -0.137. The van der Waals surface area contributed by atoms with E-state index >= 15 is 0 Å². The number of urea groups is 1. The summed E-state index contributed by atoms with van der Waals surface area (Å²) in [5, 5.41) is 7.45. The maximum atomic E-state index is 13.2.